The summed E-state index contributed by atoms with van der Waals surface area (Å²) in [6, 6.07) is 0. The summed E-state index contributed by atoms with van der Waals surface area (Å²) in [6.45, 7) is 0. The summed E-state index contributed by atoms with van der Waals surface area (Å²) in [6.07, 6.45) is 3.25. The number of halogens is 3. The molecule has 0 amide bonds. The molecule has 1 nitrogen and oxygen atoms in total. The van der Waals surface area contributed by atoms with E-state index in [1.54, 1.807) is 6.08 Å². The standard InChI is InChI=1S/C6H5Br2FO/c7-4-2-1-3-6(8,9)5(4)10/h1-3,5,10H. The van der Waals surface area contributed by atoms with E-state index in [1.807, 2.05) is 0 Å². The zero-order valence-corrected chi connectivity index (χ0v) is 8.06. The Labute approximate surface area is 74.9 Å². The van der Waals surface area contributed by atoms with Crippen molar-refractivity contribution in [2.75, 3.05) is 0 Å². The quantitative estimate of drug-likeness (QED) is 0.670. The van der Waals surface area contributed by atoms with E-state index in [0.717, 1.165) is 0 Å². The molecule has 0 aliphatic heterocycles. The van der Waals surface area contributed by atoms with Crippen molar-refractivity contribution in [1.29, 1.82) is 0 Å². The van der Waals surface area contributed by atoms with Gasteiger partial charge in [-0.05, 0) is 28.1 Å². The smallest absolute Gasteiger partial charge is 0.213 e. The Morgan fingerprint density at radius 3 is 2.70 bits per heavy atom. The maximum absolute atomic E-state index is 13.0. The molecule has 2 atom stereocenters. The molecular weight excluding hydrogens is 267 g/mol. The van der Waals surface area contributed by atoms with Crippen molar-refractivity contribution in [2.24, 2.45) is 0 Å². The van der Waals surface area contributed by atoms with Gasteiger partial charge in [-0.25, -0.2) is 4.39 Å². The van der Waals surface area contributed by atoms with E-state index in [9.17, 15) is 4.39 Å². The molecule has 10 heavy (non-hydrogen) atoms. The Balaban J connectivity index is 2.89. The lowest BCUT2D eigenvalue weighted by Gasteiger charge is -2.23. The molecule has 0 fully saturated rings. The molecule has 0 aromatic carbocycles. The predicted molar refractivity (Wildman–Crippen MR) is 44.9 cm³/mol. The Hall–Kier alpha value is 0.330. The monoisotopic (exact) mass is 270 g/mol. The summed E-state index contributed by atoms with van der Waals surface area (Å²) in [4.78, 5) is 0. The van der Waals surface area contributed by atoms with Crippen molar-refractivity contribution < 1.29 is 9.50 Å². The van der Waals surface area contributed by atoms with Crippen LogP contribution in [-0.2, 0) is 0 Å². The zero-order valence-electron chi connectivity index (χ0n) is 4.89. The van der Waals surface area contributed by atoms with Gasteiger partial charge in [-0.15, -0.1) is 0 Å². The van der Waals surface area contributed by atoms with Crippen LogP contribution in [0.4, 0.5) is 4.39 Å². The van der Waals surface area contributed by atoms with E-state index in [2.05, 4.69) is 31.9 Å². The van der Waals surface area contributed by atoms with E-state index >= 15 is 0 Å². The Bertz CT molecular complexity index is 198. The van der Waals surface area contributed by atoms with Gasteiger partial charge in [-0.1, -0.05) is 22.0 Å². The first-order valence-electron chi connectivity index (χ1n) is 2.65. The van der Waals surface area contributed by atoms with E-state index in [0.29, 0.717) is 4.48 Å². The highest BCUT2D eigenvalue weighted by Gasteiger charge is 2.35. The third-order valence-electron chi connectivity index (χ3n) is 1.20. The van der Waals surface area contributed by atoms with E-state index in [-0.39, 0.29) is 0 Å². The molecule has 0 saturated heterocycles. The van der Waals surface area contributed by atoms with Crippen molar-refractivity contribution in [2.45, 2.75) is 10.7 Å². The second-order valence-corrected chi connectivity index (χ2v) is 4.12. The Morgan fingerprint density at radius 1 is 1.70 bits per heavy atom. The first-order valence-corrected chi connectivity index (χ1v) is 4.23. The van der Waals surface area contributed by atoms with Crippen molar-refractivity contribution >= 4 is 31.9 Å². The summed E-state index contributed by atoms with van der Waals surface area (Å²) in [5, 5.41) is 9.12. The molecule has 0 aromatic rings. The average Bonchev–Trinajstić information content (AvgIpc) is 1.83. The highest BCUT2D eigenvalue weighted by molar-refractivity contribution is 9.12. The second kappa shape index (κ2) is 2.75. The topological polar surface area (TPSA) is 20.2 Å². The van der Waals surface area contributed by atoms with Gasteiger partial charge in [-0.2, -0.15) is 0 Å². The summed E-state index contributed by atoms with van der Waals surface area (Å²) < 4.78 is 11.6. The fraction of sp³-hybridized carbons (Fsp3) is 0.333. The average molecular weight is 272 g/mol. The first kappa shape index (κ1) is 8.43. The van der Waals surface area contributed by atoms with Crippen LogP contribution in [0, 0.1) is 0 Å². The van der Waals surface area contributed by atoms with Crippen molar-refractivity contribution in [1.82, 2.24) is 0 Å². The zero-order chi connectivity index (χ0) is 7.78. The van der Waals surface area contributed by atoms with Crippen LogP contribution in [0.25, 0.3) is 0 Å². The molecule has 1 aliphatic carbocycles. The van der Waals surface area contributed by atoms with Gasteiger partial charge in [0.2, 0.25) is 4.58 Å². The van der Waals surface area contributed by atoms with Crippen molar-refractivity contribution in [3.8, 4) is 0 Å². The van der Waals surface area contributed by atoms with Crippen LogP contribution < -0.4 is 0 Å². The molecule has 0 saturated carbocycles. The molecule has 0 bridgehead atoms. The minimum absolute atomic E-state index is 0.439. The first-order chi connectivity index (χ1) is 4.54. The van der Waals surface area contributed by atoms with E-state index in [1.165, 1.54) is 12.2 Å². The molecule has 0 aromatic heterocycles. The number of hydrogen-bond acceptors (Lipinski definition) is 1. The lowest BCUT2D eigenvalue weighted by molar-refractivity contribution is 0.123. The normalized spacial score (nSPS) is 39.6. The maximum Gasteiger partial charge on any atom is 0.213 e. The number of allylic oxidation sites excluding steroid dienone is 2. The molecule has 1 N–H and O–H groups in total. The van der Waals surface area contributed by atoms with Gasteiger partial charge >= 0.3 is 0 Å². The highest BCUT2D eigenvalue weighted by Crippen LogP contribution is 2.35. The number of aliphatic hydroxyl groups is 1. The Kier molecular flexibility index (Phi) is 2.32. The third-order valence-corrected chi connectivity index (χ3v) is 2.60. The van der Waals surface area contributed by atoms with Crippen LogP contribution in [0.1, 0.15) is 0 Å². The van der Waals surface area contributed by atoms with Gasteiger partial charge in [0, 0.05) is 4.48 Å². The van der Waals surface area contributed by atoms with Gasteiger partial charge in [0.25, 0.3) is 0 Å². The second-order valence-electron chi connectivity index (χ2n) is 1.99. The van der Waals surface area contributed by atoms with Crippen LogP contribution in [0.2, 0.25) is 0 Å². The van der Waals surface area contributed by atoms with Gasteiger partial charge < -0.3 is 5.11 Å². The lowest BCUT2D eigenvalue weighted by atomic mass is 10.1. The predicted octanol–water partition coefficient (Wildman–Crippen LogP) is 2.26. The fourth-order valence-electron chi connectivity index (χ4n) is 0.634. The number of rotatable bonds is 0. The molecule has 0 heterocycles. The number of hydrogen-bond donors (Lipinski definition) is 1. The lowest BCUT2D eigenvalue weighted by Crippen LogP contribution is -2.31. The van der Waals surface area contributed by atoms with Crippen molar-refractivity contribution in [3.05, 3.63) is 22.7 Å². The van der Waals surface area contributed by atoms with Gasteiger partial charge in [0.1, 0.15) is 6.10 Å². The molecular formula is C6H5Br2FO. The number of aliphatic hydroxyl groups excluding tert-OH is 1. The molecule has 0 spiro atoms. The highest BCUT2D eigenvalue weighted by atomic mass is 79.9. The summed E-state index contributed by atoms with van der Waals surface area (Å²) in [7, 11) is 0. The molecule has 1 aliphatic rings. The van der Waals surface area contributed by atoms with Gasteiger partial charge in [-0.3, -0.25) is 0 Å². The summed E-state index contributed by atoms with van der Waals surface area (Å²) >= 11 is 5.74. The molecule has 0 radical (unpaired) electrons. The van der Waals surface area contributed by atoms with Crippen LogP contribution in [0.3, 0.4) is 0 Å². The number of alkyl halides is 2. The fourth-order valence-corrected chi connectivity index (χ4v) is 1.83. The molecule has 2 unspecified atom stereocenters. The minimum Gasteiger partial charge on any atom is -0.383 e. The molecule has 1 rings (SSSR count). The van der Waals surface area contributed by atoms with Gasteiger partial charge in [0.05, 0.1) is 0 Å². The maximum atomic E-state index is 13.0. The molecule has 56 valence electrons. The van der Waals surface area contributed by atoms with Crippen LogP contribution in [-0.4, -0.2) is 15.8 Å². The summed E-state index contributed by atoms with van der Waals surface area (Å²) in [5.41, 5.74) is 0. The summed E-state index contributed by atoms with van der Waals surface area (Å²) in [5.74, 6) is 0. The largest absolute Gasteiger partial charge is 0.383 e. The van der Waals surface area contributed by atoms with Crippen molar-refractivity contribution in [3.63, 3.8) is 0 Å². The van der Waals surface area contributed by atoms with Crippen LogP contribution in [0.5, 0.6) is 0 Å². The molecule has 4 heteroatoms. The van der Waals surface area contributed by atoms with Crippen LogP contribution >= 0.6 is 31.9 Å². The SMILES string of the molecule is OC1C(Br)=CC=CC1(F)Br. The van der Waals surface area contributed by atoms with E-state index in [4.69, 9.17) is 5.11 Å². The minimum atomic E-state index is -1.82. The Morgan fingerprint density at radius 2 is 2.30 bits per heavy atom. The van der Waals surface area contributed by atoms with Crippen LogP contribution in [0.15, 0.2) is 22.7 Å². The van der Waals surface area contributed by atoms with Gasteiger partial charge in [0.15, 0.2) is 0 Å². The third kappa shape index (κ3) is 1.49. The van der Waals surface area contributed by atoms with E-state index < -0.39 is 10.7 Å².